The number of carbonyl (C=O) groups excluding carboxylic acids is 1. The standard InChI is InChI=1S/C25H26N2O5/c1-14-7-20(24-15(2)9-23(29)32-21(24)8-14)31-16(3)25(30)26-11-17-10-18(13-26)19-5-4-6-22(28)27(19)12-17/h4-9,16-18H,10-13H2,1-3H3/t16-,17+,18+/m1/s1. The summed E-state index contributed by atoms with van der Waals surface area (Å²) in [5.74, 6) is 0.880. The lowest BCUT2D eigenvalue weighted by molar-refractivity contribution is -0.140. The SMILES string of the molecule is Cc1cc(O[C@H](C)C(=O)N2C[C@@H]3C[C@@H](C2)c2cccc(=O)n2C3)c2c(C)cc(=O)oc2c1. The van der Waals surface area contributed by atoms with Crippen molar-refractivity contribution in [3.8, 4) is 5.75 Å². The molecule has 0 N–H and O–H groups in total. The van der Waals surface area contributed by atoms with Crippen LogP contribution in [0.1, 0.15) is 36.1 Å². The summed E-state index contributed by atoms with van der Waals surface area (Å²) in [6.45, 7) is 7.33. The third-order valence-electron chi connectivity index (χ3n) is 6.59. The number of nitrogens with zero attached hydrogens (tertiary/aromatic N) is 2. The molecule has 4 heterocycles. The minimum Gasteiger partial charge on any atom is -0.480 e. The van der Waals surface area contributed by atoms with Crippen LogP contribution in [0.25, 0.3) is 11.0 Å². The first-order chi connectivity index (χ1) is 15.3. The van der Waals surface area contributed by atoms with E-state index < -0.39 is 11.7 Å². The van der Waals surface area contributed by atoms with Crippen molar-refractivity contribution in [1.82, 2.24) is 9.47 Å². The number of hydrogen-bond donors (Lipinski definition) is 0. The zero-order chi connectivity index (χ0) is 22.6. The molecule has 3 aromatic rings. The van der Waals surface area contributed by atoms with E-state index in [2.05, 4.69) is 0 Å². The molecular formula is C25H26N2O5. The summed E-state index contributed by atoms with van der Waals surface area (Å²) in [6, 6.07) is 10.5. The second-order valence-electron chi connectivity index (χ2n) is 9.09. The van der Waals surface area contributed by atoms with Crippen molar-refractivity contribution in [3.63, 3.8) is 0 Å². The predicted molar refractivity (Wildman–Crippen MR) is 120 cm³/mol. The van der Waals surface area contributed by atoms with E-state index in [1.54, 1.807) is 25.1 Å². The summed E-state index contributed by atoms with van der Waals surface area (Å²) >= 11 is 0. The average Bonchev–Trinajstić information content (AvgIpc) is 2.73. The van der Waals surface area contributed by atoms with Crippen LogP contribution in [0.2, 0.25) is 0 Å². The molecule has 5 rings (SSSR count). The number of aryl methyl sites for hydroxylation is 2. The highest BCUT2D eigenvalue weighted by molar-refractivity contribution is 5.88. The lowest BCUT2D eigenvalue weighted by Crippen LogP contribution is -2.52. The Morgan fingerprint density at radius 3 is 2.75 bits per heavy atom. The first kappa shape index (κ1) is 20.5. The van der Waals surface area contributed by atoms with Crippen LogP contribution in [0.3, 0.4) is 0 Å². The van der Waals surface area contributed by atoms with Crippen LogP contribution >= 0.6 is 0 Å². The molecule has 1 aromatic carbocycles. The molecule has 0 spiro atoms. The number of fused-ring (bicyclic) bond motifs is 5. The van der Waals surface area contributed by atoms with Gasteiger partial charge < -0.3 is 18.6 Å². The second-order valence-corrected chi connectivity index (χ2v) is 9.09. The largest absolute Gasteiger partial charge is 0.480 e. The topological polar surface area (TPSA) is 81.8 Å². The lowest BCUT2D eigenvalue weighted by atomic mass is 9.83. The summed E-state index contributed by atoms with van der Waals surface area (Å²) in [5.41, 5.74) is 2.72. The molecule has 32 heavy (non-hydrogen) atoms. The summed E-state index contributed by atoms with van der Waals surface area (Å²) < 4.78 is 13.4. The minimum atomic E-state index is -0.692. The van der Waals surface area contributed by atoms with Crippen molar-refractivity contribution in [2.45, 2.75) is 45.8 Å². The number of likely N-dealkylation sites (tertiary alicyclic amines) is 1. The molecule has 2 bridgehead atoms. The number of hydrogen-bond acceptors (Lipinski definition) is 5. The average molecular weight is 434 g/mol. The van der Waals surface area contributed by atoms with E-state index in [-0.39, 0.29) is 23.3 Å². The van der Waals surface area contributed by atoms with Crippen LogP contribution in [-0.4, -0.2) is 34.6 Å². The Labute approximate surface area is 185 Å². The number of amides is 1. The quantitative estimate of drug-likeness (QED) is 0.592. The number of piperidine rings is 1. The van der Waals surface area contributed by atoms with Crippen molar-refractivity contribution in [2.75, 3.05) is 13.1 Å². The van der Waals surface area contributed by atoms with Crippen LogP contribution < -0.4 is 15.9 Å². The van der Waals surface area contributed by atoms with Crippen LogP contribution in [-0.2, 0) is 11.3 Å². The highest BCUT2D eigenvalue weighted by Crippen LogP contribution is 2.36. The summed E-state index contributed by atoms with van der Waals surface area (Å²) in [4.78, 5) is 39.2. The molecule has 166 valence electrons. The molecule has 0 saturated carbocycles. The number of aromatic nitrogens is 1. The molecule has 1 saturated heterocycles. The van der Waals surface area contributed by atoms with E-state index in [1.165, 1.54) is 6.07 Å². The van der Waals surface area contributed by atoms with Gasteiger partial charge >= 0.3 is 5.63 Å². The number of pyridine rings is 1. The molecule has 2 aliphatic rings. The van der Waals surface area contributed by atoms with Crippen LogP contribution in [0.4, 0.5) is 0 Å². The lowest BCUT2D eigenvalue weighted by Gasteiger charge is -2.43. The summed E-state index contributed by atoms with van der Waals surface area (Å²) in [6.07, 6.45) is 0.298. The van der Waals surface area contributed by atoms with Gasteiger partial charge in [0.2, 0.25) is 0 Å². The van der Waals surface area contributed by atoms with Gasteiger partial charge in [-0.05, 0) is 62.4 Å². The molecular weight excluding hydrogens is 408 g/mol. The molecule has 0 unspecified atom stereocenters. The molecule has 3 atom stereocenters. The van der Waals surface area contributed by atoms with E-state index in [0.29, 0.717) is 36.4 Å². The fraction of sp³-hybridized carbons (Fsp3) is 0.400. The monoisotopic (exact) mass is 434 g/mol. The third-order valence-corrected chi connectivity index (χ3v) is 6.59. The fourth-order valence-corrected chi connectivity index (χ4v) is 5.24. The van der Waals surface area contributed by atoms with Gasteiger partial charge in [0, 0.05) is 43.4 Å². The maximum absolute atomic E-state index is 13.3. The first-order valence-electron chi connectivity index (χ1n) is 11.0. The molecule has 7 nitrogen and oxygen atoms in total. The molecule has 0 radical (unpaired) electrons. The Morgan fingerprint density at radius 2 is 1.94 bits per heavy atom. The highest BCUT2D eigenvalue weighted by atomic mass is 16.5. The van der Waals surface area contributed by atoms with Gasteiger partial charge in [-0.15, -0.1) is 0 Å². The van der Waals surface area contributed by atoms with E-state index in [9.17, 15) is 14.4 Å². The smallest absolute Gasteiger partial charge is 0.336 e. The molecule has 0 aliphatic carbocycles. The van der Waals surface area contributed by atoms with Crippen molar-refractivity contribution in [2.24, 2.45) is 5.92 Å². The summed E-state index contributed by atoms with van der Waals surface area (Å²) in [5, 5.41) is 0.707. The number of carbonyl (C=O) groups is 1. The Hall–Kier alpha value is -3.35. The molecule has 2 aromatic heterocycles. The van der Waals surface area contributed by atoms with Crippen LogP contribution in [0.15, 0.2) is 50.4 Å². The Morgan fingerprint density at radius 1 is 1.12 bits per heavy atom. The van der Waals surface area contributed by atoms with Gasteiger partial charge in [0.15, 0.2) is 6.10 Å². The van der Waals surface area contributed by atoms with Gasteiger partial charge in [-0.3, -0.25) is 9.59 Å². The predicted octanol–water partition coefficient (Wildman–Crippen LogP) is 2.98. The zero-order valence-electron chi connectivity index (χ0n) is 18.5. The van der Waals surface area contributed by atoms with Gasteiger partial charge in [0.1, 0.15) is 11.3 Å². The van der Waals surface area contributed by atoms with Gasteiger partial charge in [-0.1, -0.05) is 6.07 Å². The molecule has 1 fully saturated rings. The van der Waals surface area contributed by atoms with Crippen LogP contribution in [0.5, 0.6) is 5.75 Å². The first-order valence-corrected chi connectivity index (χ1v) is 11.0. The summed E-state index contributed by atoms with van der Waals surface area (Å²) in [7, 11) is 0. The highest BCUT2D eigenvalue weighted by Gasteiger charge is 2.37. The second kappa shape index (κ2) is 7.65. The molecule has 7 heteroatoms. The van der Waals surface area contributed by atoms with Gasteiger partial charge in [-0.25, -0.2) is 4.79 Å². The van der Waals surface area contributed by atoms with Gasteiger partial charge in [-0.2, -0.15) is 0 Å². The molecule has 2 aliphatic heterocycles. The van der Waals surface area contributed by atoms with Gasteiger partial charge in [0.05, 0.1) is 5.39 Å². The Bertz CT molecular complexity index is 1340. The molecule has 1 amide bonds. The van der Waals surface area contributed by atoms with E-state index in [0.717, 1.165) is 23.2 Å². The fourth-order valence-electron chi connectivity index (χ4n) is 5.24. The van der Waals surface area contributed by atoms with Crippen molar-refractivity contribution < 1.29 is 13.9 Å². The zero-order valence-corrected chi connectivity index (χ0v) is 18.5. The van der Waals surface area contributed by atoms with Crippen molar-refractivity contribution in [3.05, 3.63) is 74.0 Å². The van der Waals surface area contributed by atoms with E-state index in [4.69, 9.17) is 9.15 Å². The van der Waals surface area contributed by atoms with E-state index >= 15 is 0 Å². The Balaban J connectivity index is 1.40. The maximum Gasteiger partial charge on any atom is 0.336 e. The maximum atomic E-state index is 13.3. The van der Waals surface area contributed by atoms with Crippen molar-refractivity contribution in [1.29, 1.82) is 0 Å². The van der Waals surface area contributed by atoms with Gasteiger partial charge in [0.25, 0.3) is 11.5 Å². The van der Waals surface area contributed by atoms with E-state index in [1.807, 2.05) is 35.4 Å². The van der Waals surface area contributed by atoms with Crippen LogP contribution in [0, 0.1) is 19.8 Å². The number of rotatable bonds is 3. The van der Waals surface area contributed by atoms with Crippen molar-refractivity contribution >= 4 is 16.9 Å². The minimum absolute atomic E-state index is 0.0297. The normalized spacial score (nSPS) is 20.7. The third kappa shape index (κ3) is 3.51. The number of benzene rings is 1. The number of ether oxygens (including phenoxy) is 1. The Kier molecular flexibility index (Phi) is 4.92.